The third-order valence-corrected chi connectivity index (χ3v) is 3.69. The fourth-order valence-corrected chi connectivity index (χ4v) is 2.74. The quantitative estimate of drug-likeness (QED) is 0.894. The number of hydrogen-bond donors (Lipinski definition) is 1. The monoisotopic (exact) mass is 283 g/mol. The SMILES string of the molecule is CCCN1CCN(c2c(F)cc(CNC)cc2F)CC1. The van der Waals surface area contributed by atoms with Gasteiger partial charge in [0.05, 0.1) is 0 Å². The molecule has 0 unspecified atom stereocenters. The summed E-state index contributed by atoms with van der Waals surface area (Å²) < 4.78 is 28.3. The van der Waals surface area contributed by atoms with Gasteiger partial charge in [-0.2, -0.15) is 0 Å². The summed E-state index contributed by atoms with van der Waals surface area (Å²) in [7, 11) is 1.76. The summed E-state index contributed by atoms with van der Waals surface area (Å²) >= 11 is 0. The van der Waals surface area contributed by atoms with Crippen LogP contribution >= 0.6 is 0 Å². The van der Waals surface area contributed by atoms with Crippen molar-refractivity contribution in [3.05, 3.63) is 29.3 Å². The predicted octanol–water partition coefficient (Wildman–Crippen LogP) is 2.22. The van der Waals surface area contributed by atoms with Gasteiger partial charge in [0, 0.05) is 32.7 Å². The zero-order valence-electron chi connectivity index (χ0n) is 12.3. The van der Waals surface area contributed by atoms with Crippen molar-refractivity contribution >= 4 is 5.69 Å². The minimum atomic E-state index is -0.459. The highest BCUT2D eigenvalue weighted by Gasteiger charge is 2.22. The second-order valence-corrected chi connectivity index (χ2v) is 5.27. The summed E-state index contributed by atoms with van der Waals surface area (Å²) in [5, 5.41) is 2.90. The average Bonchev–Trinajstić information content (AvgIpc) is 2.40. The molecule has 3 nitrogen and oxygen atoms in total. The van der Waals surface area contributed by atoms with Crippen LogP contribution in [0.5, 0.6) is 0 Å². The molecule has 5 heteroatoms. The summed E-state index contributed by atoms with van der Waals surface area (Å²) in [5.41, 5.74) is 0.761. The highest BCUT2D eigenvalue weighted by Crippen LogP contribution is 2.26. The van der Waals surface area contributed by atoms with Gasteiger partial charge in [0.25, 0.3) is 0 Å². The number of hydrogen-bond acceptors (Lipinski definition) is 3. The molecule has 0 atom stereocenters. The summed E-state index contributed by atoms with van der Waals surface area (Å²) in [6, 6.07) is 2.85. The Labute approximate surface area is 119 Å². The number of nitrogens with zero attached hydrogens (tertiary/aromatic N) is 2. The van der Waals surface area contributed by atoms with E-state index in [9.17, 15) is 8.78 Å². The third kappa shape index (κ3) is 3.46. The fraction of sp³-hybridized carbons (Fsp3) is 0.600. The van der Waals surface area contributed by atoms with Crippen LogP contribution in [-0.2, 0) is 6.54 Å². The number of benzene rings is 1. The Morgan fingerprint density at radius 2 is 1.70 bits per heavy atom. The Hall–Kier alpha value is -1.20. The maximum atomic E-state index is 14.1. The van der Waals surface area contributed by atoms with Crippen molar-refractivity contribution < 1.29 is 8.78 Å². The average molecular weight is 283 g/mol. The van der Waals surface area contributed by atoms with Crippen molar-refractivity contribution in [3.8, 4) is 0 Å². The van der Waals surface area contributed by atoms with E-state index in [1.807, 2.05) is 4.90 Å². The Kier molecular flexibility index (Phi) is 5.31. The van der Waals surface area contributed by atoms with Gasteiger partial charge in [-0.1, -0.05) is 6.92 Å². The van der Waals surface area contributed by atoms with Crippen LogP contribution in [0.4, 0.5) is 14.5 Å². The van der Waals surface area contributed by atoms with Crippen LogP contribution in [0.3, 0.4) is 0 Å². The molecule has 1 fully saturated rings. The Morgan fingerprint density at radius 3 is 2.20 bits per heavy atom. The minimum absolute atomic E-state index is 0.126. The topological polar surface area (TPSA) is 18.5 Å². The first-order valence-electron chi connectivity index (χ1n) is 7.25. The van der Waals surface area contributed by atoms with Crippen molar-refractivity contribution in [2.75, 3.05) is 44.7 Å². The highest BCUT2D eigenvalue weighted by molar-refractivity contribution is 5.51. The van der Waals surface area contributed by atoms with Crippen molar-refractivity contribution in [1.82, 2.24) is 10.2 Å². The maximum Gasteiger partial charge on any atom is 0.149 e. The third-order valence-electron chi connectivity index (χ3n) is 3.69. The minimum Gasteiger partial charge on any atom is -0.364 e. The lowest BCUT2D eigenvalue weighted by atomic mass is 10.1. The summed E-state index contributed by atoms with van der Waals surface area (Å²) in [4.78, 5) is 4.15. The Balaban J connectivity index is 2.10. The molecule has 1 saturated heterocycles. The van der Waals surface area contributed by atoms with Gasteiger partial charge in [0.2, 0.25) is 0 Å². The molecule has 1 heterocycles. The Morgan fingerprint density at radius 1 is 1.10 bits per heavy atom. The van der Waals surface area contributed by atoms with Crippen LogP contribution in [0.25, 0.3) is 0 Å². The lowest BCUT2D eigenvalue weighted by molar-refractivity contribution is 0.257. The molecule has 1 aliphatic rings. The van der Waals surface area contributed by atoms with Crippen LogP contribution in [0.15, 0.2) is 12.1 Å². The van der Waals surface area contributed by atoms with Gasteiger partial charge >= 0.3 is 0 Å². The molecule has 0 amide bonds. The summed E-state index contributed by atoms with van der Waals surface area (Å²) in [6.07, 6.45) is 1.11. The van der Waals surface area contributed by atoms with E-state index in [0.717, 1.165) is 26.1 Å². The molecule has 112 valence electrons. The highest BCUT2D eigenvalue weighted by atomic mass is 19.1. The number of nitrogens with one attached hydrogen (secondary N) is 1. The Bertz CT molecular complexity index is 420. The smallest absolute Gasteiger partial charge is 0.149 e. The maximum absolute atomic E-state index is 14.1. The van der Waals surface area contributed by atoms with Crippen molar-refractivity contribution in [1.29, 1.82) is 0 Å². The molecule has 2 rings (SSSR count). The molecule has 0 bridgehead atoms. The molecule has 0 aromatic heterocycles. The van der Waals surface area contributed by atoms with Crippen molar-refractivity contribution in [2.45, 2.75) is 19.9 Å². The predicted molar refractivity (Wildman–Crippen MR) is 78.1 cm³/mol. The first-order valence-corrected chi connectivity index (χ1v) is 7.25. The van der Waals surface area contributed by atoms with Gasteiger partial charge in [-0.15, -0.1) is 0 Å². The summed E-state index contributed by atoms with van der Waals surface area (Å²) in [5.74, 6) is -0.918. The largest absolute Gasteiger partial charge is 0.364 e. The van der Waals surface area contributed by atoms with E-state index in [2.05, 4.69) is 17.1 Å². The normalized spacial score (nSPS) is 16.7. The van der Waals surface area contributed by atoms with E-state index in [0.29, 0.717) is 25.2 Å². The standard InChI is InChI=1S/C15H23F2N3/c1-3-4-19-5-7-20(8-6-19)15-13(16)9-12(11-18-2)10-14(15)17/h9-10,18H,3-8,11H2,1-2H3. The molecule has 1 aliphatic heterocycles. The number of piperazine rings is 1. The number of anilines is 1. The van der Waals surface area contributed by atoms with E-state index in [1.165, 1.54) is 12.1 Å². The molecule has 0 aliphatic carbocycles. The molecular weight excluding hydrogens is 260 g/mol. The summed E-state index contributed by atoms with van der Waals surface area (Å²) in [6.45, 7) is 6.76. The van der Waals surface area contributed by atoms with Crippen molar-refractivity contribution in [2.24, 2.45) is 0 Å². The lowest BCUT2D eigenvalue weighted by Gasteiger charge is -2.36. The van der Waals surface area contributed by atoms with E-state index in [1.54, 1.807) is 7.05 Å². The molecule has 20 heavy (non-hydrogen) atoms. The molecule has 0 saturated carbocycles. The van der Waals surface area contributed by atoms with E-state index >= 15 is 0 Å². The first kappa shape index (κ1) is 15.2. The van der Waals surface area contributed by atoms with Crippen LogP contribution in [0.1, 0.15) is 18.9 Å². The van der Waals surface area contributed by atoms with Crippen LogP contribution < -0.4 is 10.2 Å². The van der Waals surface area contributed by atoms with Gasteiger partial charge < -0.3 is 10.2 Å². The van der Waals surface area contributed by atoms with Gasteiger partial charge in [-0.25, -0.2) is 8.78 Å². The number of rotatable bonds is 5. The second-order valence-electron chi connectivity index (χ2n) is 5.27. The molecule has 0 spiro atoms. The molecular formula is C15H23F2N3. The second kappa shape index (κ2) is 6.99. The fourth-order valence-electron chi connectivity index (χ4n) is 2.74. The molecule has 0 radical (unpaired) electrons. The molecule has 1 aromatic carbocycles. The lowest BCUT2D eigenvalue weighted by Crippen LogP contribution is -2.47. The van der Waals surface area contributed by atoms with E-state index in [-0.39, 0.29) is 5.69 Å². The van der Waals surface area contributed by atoms with E-state index in [4.69, 9.17) is 0 Å². The van der Waals surface area contributed by atoms with Gasteiger partial charge in [0.15, 0.2) is 0 Å². The molecule has 1 N–H and O–H groups in total. The van der Waals surface area contributed by atoms with Crippen LogP contribution in [0.2, 0.25) is 0 Å². The zero-order chi connectivity index (χ0) is 14.5. The van der Waals surface area contributed by atoms with E-state index < -0.39 is 11.6 Å². The van der Waals surface area contributed by atoms with Crippen LogP contribution in [0, 0.1) is 11.6 Å². The zero-order valence-corrected chi connectivity index (χ0v) is 12.3. The number of halogens is 2. The molecule has 1 aromatic rings. The van der Waals surface area contributed by atoms with Gasteiger partial charge in [0.1, 0.15) is 17.3 Å². The van der Waals surface area contributed by atoms with Gasteiger partial charge in [-0.3, -0.25) is 4.90 Å². The van der Waals surface area contributed by atoms with Crippen LogP contribution in [-0.4, -0.2) is 44.7 Å². The van der Waals surface area contributed by atoms with Gasteiger partial charge in [-0.05, 0) is 37.7 Å². The van der Waals surface area contributed by atoms with Crippen molar-refractivity contribution in [3.63, 3.8) is 0 Å². The first-order chi connectivity index (χ1) is 9.65.